The SMILES string of the molecule is COc1cc(OC)nc(C(=O)c2cccc(Cl)c2C(=O)O)n1.[NaH]. The molecule has 0 aliphatic heterocycles. The van der Waals surface area contributed by atoms with Crippen LogP contribution in [0.15, 0.2) is 24.3 Å². The number of ketones is 1. The first-order valence-electron chi connectivity index (χ1n) is 6.01. The number of benzene rings is 1. The maximum atomic E-state index is 12.5. The van der Waals surface area contributed by atoms with Crippen molar-refractivity contribution >= 4 is 52.9 Å². The molecule has 23 heavy (non-hydrogen) atoms. The van der Waals surface area contributed by atoms with Crippen molar-refractivity contribution in [3.05, 3.63) is 46.2 Å². The van der Waals surface area contributed by atoms with E-state index in [4.69, 9.17) is 21.1 Å². The van der Waals surface area contributed by atoms with E-state index in [1.54, 1.807) is 0 Å². The number of aromatic carboxylic acids is 1. The molecule has 1 aromatic carbocycles. The van der Waals surface area contributed by atoms with Crippen LogP contribution in [0.4, 0.5) is 0 Å². The fraction of sp³-hybridized carbons (Fsp3) is 0.143. The number of halogens is 1. The maximum absolute atomic E-state index is 12.5. The summed E-state index contributed by atoms with van der Waals surface area (Å²) in [5.74, 6) is -2.02. The number of hydrogen-bond donors (Lipinski definition) is 1. The molecular weight excluding hydrogens is 335 g/mol. The second-order valence-corrected chi connectivity index (χ2v) is 4.48. The molecule has 9 heteroatoms. The fourth-order valence-corrected chi connectivity index (χ4v) is 2.02. The summed E-state index contributed by atoms with van der Waals surface area (Å²) in [4.78, 5) is 31.6. The Morgan fingerprint density at radius 2 is 1.70 bits per heavy atom. The molecule has 1 aromatic heterocycles. The van der Waals surface area contributed by atoms with Crippen LogP contribution in [0.25, 0.3) is 0 Å². The molecule has 0 saturated carbocycles. The monoisotopic (exact) mass is 346 g/mol. The van der Waals surface area contributed by atoms with Crippen LogP contribution >= 0.6 is 11.6 Å². The van der Waals surface area contributed by atoms with Crippen molar-refractivity contribution in [1.82, 2.24) is 9.97 Å². The molecule has 0 aliphatic carbocycles. The molecule has 1 N–H and O–H groups in total. The predicted octanol–water partition coefficient (Wildman–Crippen LogP) is 1.43. The number of nitrogens with zero attached hydrogens (tertiary/aromatic N) is 2. The molecule has 2 rings (SSSR count). The zero-order valence-electron chi connectivity index (χ0n) is 11.7. The first kappa shape index (κ1) is 19.4. The number of carboxylic acid groups (broad SMARTS) is 1. The number of hydrogen-bond acceptors (Lipinski definition) is 6. The van der Waals surface area contributed by atoms with Crippen LogP contribution in [0.1, 0.15) is 26.5 Å². The Kier molecular flexibility index (Phi) is 6.96. The minimum atomic E-state index is -1.32. The van der Waals surface area contributed by atoms with Gasteiger partial charge in [-0.25, -0.2) is 4.79 Å². The normalized spacial score (nSPS) is 9.70. The Morgan fingerprint density at radius 1 is 1.13 bits per heavy atom. The second kappa shape index (κ2) is 8.26. The van der Waals surface area contributed by atoms with Crippen LogP contribution in [-0.2, 0) is 0 Å². The molecule has 0 fully saturated rings. The number of ether oxygens (including phenoxy) is 2. The van der Waals surface area contributed by atoms with Gasteiger partial charge in [-0.15, -0.1) is 0 Å². The van der Waals surface area contributed by atoms with Crippen molar-refractivity contribution in [2.45, 2.75) is 0 Å². The predicted molar refractivity (Wildman–Crippen MR) is 84.1 cm³/mol. The first-order chi connectivity index (χ1) is 10.5. The van der Waals surface area contributed by atoms with Gasteiger partial charge in [-0.1, -0.05) is 17.7 Å². The number of methoxy groups -OCH3 is 2. The van der Waals surface area contributed by atoms with Crippen molar-refractivity contribution in [2.24, 2.45) is 0 Å². The van der Waals surface area contributed by atoms with Crippen LogP contribution in [0.2, 0.25) is 5.02 Å². The zero-order chi connectivity index (χ0) is 16.3. The molecule has 0 spiro atoms. The summed E-state index contributed by atoms with van der Waals surface area (Å²) in [6.07, 6.45) is 0. The van der Waals surface area contributed by atoms with Crippen LogP contribution in [0, 0.1) is 0 Å². The number of carboxylic acids is 1. The summed E-state index contributed by atoms with van der Waals surface area (Å²) >= 11 is 5.85. The van der Waals surface area contributed by atoms with Crippen molar-refractivity contribution in [2.75, 3.05) is 14.2 Å². The van der Waals surface area contributed by atoms with Gasteiger partial charge in [0.1, 0.15) is 0 Å². The van der Waals surface area contributed by atoms with Gasteiger partial charge >= 0.3 is 35.5 Å². The topological polar surface area (TPSA) is 98.6 Å². The molecule has 0 radical (unpaired) electrons. The molecular formula is C14H12ClN2NaO5. The van der Waals surface area contributed by atoms with Gasteiger partial charge in [-0.3, -0.25) is 4.79 Å². The zero-order valence-corrected chi connectivity index (χ0v) is 12.4. The molecule has 7 nitrogen and oxygen atoms in total. The van der Waals surface area contributed by atoms with E-state index in [0.717, 1.165) is 0 Å². The van der Waals surface area contributed by atoms with Crippen LogP contribution in [0.3, 0.4) is 0 Å². The van der Waals surface area contributed by atoms with E-state index in [1.165, 1.54) is 38.5 Å². The Balaban J connectivity index is 0.00000264. The van der Waals surface area contributed by atoms with E-state index in [9.17, 15) is 14.7 Å². The fourth-order valence-electron chi connectivity index (χ4n) is 1.77. The van der Waals surface area contributed by atoms with Crippen molar-refractivity contribution in [1.29, 1.82) is 0 Å². The number of carbonyl (C=O) groups is 2. The van der Waals surface area contributed by atoms with E-state index < -0.39 is 11.8 Å². The van der Waals surface area contributed by atoms with Crippen molar-refractivity contribution in [3.8, 4) is 11.8 Å². The molecule has 0 amide bonds. The molecule has 1 heterocycles. The standard InChI is InChI=1S/C14H11ClN2O5.Na.H/c1-21-9-6-10(22-2)17-13(16-9)12(18)7-4-3-5-8(15)11(7)14(19)20;;/h3-6H,1-2H3,(H,19,20);;. The molecule has 116 valence electrons. The summed E-state index contributed by atoms with van der Waals surface area (Å²) in [6, 6.07) is 5.59. The summed E-state index contributed by atoms with van der Waals surface area (Å²) in [6.45, 7) is 0. The second-order valence-electron chi connectivity index (χ2n) is 4.07. The van der Waals surface area contributed by atoms with Gasteiger partial charge in [0.15, 0.2) is 0 Å². The van der Waals surface area contributed by atoms with Crippen molar-refractivity contribution < 1.29 is 24.2 Å². The Labute approximate surface area is 158 Å². The third kappa shape index (κ3) is 4.20. The number of carbonyl (C=O) groups excluding carboxylic acids is 1. The van der Waals surface area contributed by atoms with E-state index in [-0.39, 0.29) is 63.3 Å². The Morgan fingerprint density at radius 3 is 2.17 bits per heavy atom. The summed E-state index contributed by atoms with van der Waals surface area (Å²) in [7, 11) is 2.75. The van der Waals surface area contributed by atoms with Gasteiger partial charge in [-0.2, -0.15) is 9.97 Å². The average Bonchev–Trinajstić information content (AvgIpc) is 2.52. The molecule has 0 unspecified atom stereocenters. The van der Waals surface area contributed by atoms with Crippen LogP contribution < -0.4 is 9.47 Å². The number of aromatic nitrogens is 2. The van der Waals surface area contributed by atoms with Gasteiger partial charge < -0.3 is 14.6 Å². The van der Waals surface area contributed by atoms with Gasteiger partial charge in [0, 0.05) is 5.56 Å². The number of rotatable bonds is 5. The van der Waals surface area contributed by atoms with E-state index in [0.29, 0.717) is 0 Å². The molecule has 0 aliphatic rings. The first-order valence-corrected chi connectivity index (χ1v) is 6.39. The summed E-state index contributed by atoms with van der Waals surface area (Å²) < 4.78 is 9.92. The molecule has 0 saturated heterocycles. The molecule has 2 aromatic rings. The Hall–Kier alpha value is -1.67. The van der Waals surface area contributed by atoms with E-state index >= 15 is 0 Å². The van der Waals surface area contributed by atoms with Gasteiger partial charge in [0.05, 0.1) is 30.9 Å². The molecule has 0 bridgehead atoms. The quantitative estimate of drug-likeness (QED) is 0.645. The van der Waals surface area contributed by atoms with Crippen LogP contribution in [-0.4, -0.2) is 70.6 Å². The van der Waals surface area contributed by atoms with Crippen molar-refractivity contribution in [3.63, 3.8) is 0 Å². The third-order valence-corrected chi connectivity index (χ3v) is 3.09. The summed E-state index contributed by atoms with van der Waals surface area (Å²) in [5.41, 5.74) is -0.421. The van der Waals surface area contributed by atoms with Gasteiger partial charge in [0.25, 0.3) is 0 Å². The van der Waals surface area contributed by atoms with E-state index in [1.807, 2.05) is 0 Å². The Bertz CT molecular complexity index is 732. The molecule has 0 atom stereocenters. The summed E-state index contributed by atoms with van der Waals surface area (Å²) in [5, 5.41) is 9.17. The van der Waals surface area contributed by atoms with Gasteiger partial charge in [0.2, 0.25) is 23.4 Å². The van der Waals surface area contributed by atoms with Crippen LogP contribution in [0.5, 0.6) is 11.8 Å². The minimum absolute atomic E-state index is 0. The third-order valence-electron chi connectivity index (χ3n) is 2.77. The van der Waals surface area contributed by atoms with E-state index in [2.05, 4.69) is 9.97 Å². The van der Waals surface area contributed by atoms with Gasteiger partial charge in [-0.05, 0) is 12.1 Å². The average molecular weight is 347 g/mol.